The number of hydrogen-bond donors (Lipinski definition) is 1. The second-order valence-corrected chi connectivity index (χ2v) is 7.42. The summed E-state index contributed by atoms with van der Waals surface area (Å²) in [7, 11) is -3.89. The zero-order chi connectivity index (χ0) is 15.7. The van der Waals surface area contributed by atoms with Gasteiger partial charge in [-0.05, 0) is 37.5 Å². The van der Waals surface area contributed by atoms with Gasteiger partial charge in [-0.25, -0.2) is 18.4 Å². The van der Waals surface area contributed by atoms with Crippen LogP contribution in [0.5, 0.6) is 0 Å². The smallest absolute Gasteiger partial charge is 0.338 e. The van der Waals surface area contributed by atoms with Crippen LogP contribution in [-0.4, -0.2) is 20.5 Å². The van der Waals surface area contributed by atoms with E-state index >= 15 is 0 Å². The van der Waals surface area contributed by atoms with E-state index in [1.165, 1.54) is 19.1 Å². The van der Waals surface area contributed by atoms with Gasteiger partial charge in [-0.3, -0.25) is 0 Å². The van der Waals surface area contributed by atoms with Crippen molar-refractivity contribution in [2.24, 2.45) is 11.1 Å². The molecular formula is C13H18BrNO4S. The van der Waals surface area contributed by atoms with Crippen LogP contribution in [0, 0.1) is 12.8 Å². The summed E-state index contributed by atoms with van der Waals surface area (Å²) < 4.78 is 28.8. The molecule has 0 saturated carbocycles. The van der Waals surface area contributed by atoms with Crippen LogP contribution in [0.25, 0.3) is 0 Å². The van der Waals surface area contributed by atoms with Gasteiger partial charge in [0.1, 0.15) is 6.10 Å². The summed E-state index contributed by atoms with van der Waals surface area (Å²) in [5.74, 6) is -0.390. The van der Waals surface area contributed by atoms with Crippen LogP contribution >= 0.6 is 15.9 Å². The molecule has 0 fully saturated rings. The van der Waals surface area contributed by atoms with Gasteiger partial charge >= 0.3 is 5.97 Å². The van der Waals surface area contributed by atoms with Gasteiger partial charge in [0.2, 0.25) is 10.0 Å². The number of primary sulfonamides is 1. The van der Waals surface area contributed by atoms with E-state index < -0.39 is 16.0 Å². The molecule has 0 radical (unpaired) electrons. The first kappa shape index (κ1) is 17.1. The molecule has 7 heteroatoms. The Labute approximate surface area is 127 Å². The average molecular weight is 364 g/mol. The fraction of sp³-hybridized carbons (Fsp3) is 0.462. The van der Waals surface area contributed by atoms with Crippen molar-refractivity contribution in [3.05, 3.63) is 27.7 Å². The minimum absolute atomic E-state index is 0.0870. The normalized spacial score (nSPS) is 13.3. The lowest BCUT2D eigenvalue weighted by Gasteiger charge is -2.18. The third-order valence-corrected chi connectivity index (χ3v) is 4.58. The molecule has 1 aromatic rings. The molecule has 1 atom stereocenters. The van der Waals surface area contributed by atoms with Crippen molar-refractivity contribution < 1.29 is 17.9 Å². The molecule has 20 heavy (non-hydrogen) atoms. The molecule has 1 rings (SSSR count). The second-order valence-electron chi connectivity index (χ2n) is 4.98. The summed E-state index contributed by atoms with van der Waals surface area (Å²) >= 11 is 3.18. The van der Waals surface area contributed by atoms with E-state index in [9.17, 15) is 13.2 Å². The molecule has 1 unspecified atom stereocenters. The predicted octanol–water partition coefficient (Wildman–Crippen LogP) is 2.61. The number of carbonyl (C=O) groups excluding carboxylic acids is 1. The molecule has 0 saturated heterocycles. The Morgan fingerprint density at radius 1 is 1.30 bits per heavy atom. The molecule has 0 amide bonds. The molecule has 0 aliphatic carbocycles. The van der Waals surface area contributed by atoms with E-state index in [1.807, 2.05) is 13.8 Å². The highest BCUT2D eigenvalue weighted by Gasteiger charge is 2.22. The van der Waals surface area contributed by atoms with Crippen molar-refractivity contribution in [2.75, 3.05) is 0 Å². The molecule has 5 nitrogen and oxygen atoms in total. The van der Waals surface area contributed by atoms with E-state index in [0.717, 1.165) is 0 Å². The summed E-state index contributed by atoms with van der Waals surface area (Å²) in [6, 6.07) is 2.90. The van der Waals surface area contributed by atoms with Gasteiger partial charge in [0, 0.05) is 4.47 Å². The van der Waals surface area contributed by atoms with Gasteiger partial charge in [-0.2, -0.15) is 0 Å². The van der Waals surface area contributed by atoms with E-state index in [1.54, 1.807) is 6.92 Å². The number of benzene rings is 1. The first-order valence-electron chi connectivity index (χ1n) is 6.08. The molecule has 0 aromatic heterocycles. The Morgan fingerprint density at radius 2 is 1.85 bits per heavy atom. The van der Waals surface area contributed by atoms with Crippen LogP contribution in [0.4, 0.5) is 0 Å². The third kappa shape index (κ3) is 4.04. The quantitative estimate of drug-likeness (QED) is 0.832. The molecule has 0 heterocycles. The van der Waals surface area contributed by atoms with Crippen LogP contribution in [0.3, 0.4) is 0 Å². The van der Waals surface area contributed by atoms with Crippen molar-refractivity contribution in [1.29, 1.82) is 0 Å². The lowest BCUT2D eigenvalue weighted by Crippen LogP contribution is -2.22. The predicted molar refractivity (Wildman–Crippen MR) is 80.0 cm³/mol. The van der Waals surface area contributed by atoms with Crippen LogP contribution in [0.1, 0.15) is 36.7 Å². The number of carbonyl (C=O) groups is 1. The monoisotopic (exact) mass is 363 g/mol. The molecule has 0 bridgehead atoms. The van der Waals surface area contributed by atoms with Crippen LogP contribution in [0.15, 0.2) is 21.5 Å². The SMILES string of the molecule is Cc1c(C(=O)OC(C)C(C)C)cc(Br)cc1S(N)(=O)=O. The summed E-state index contributed by atoms with van der Waals surface area (Å²) in [6.07, 6.45) is -0.265. The molecular weight excluding hydrogens is 346 g/mol. The lowest BCUT2D eigenvalue weighted by atomic mass is 10.1. The number of nitrogens with two attached hydrogens (primary N) is 1. The van der Waals surface area contributed by atoms with E-state index in [4.69, 9.17) is 9.88 Å². The molecule has 0 aliphatic heterocycles. The van der Waals surface area contributed by atoms with Gasteiger partial charge < -0.3 is 4.74 Å². The number of rotatable bonds is 4. The Morgan fingerprint density at radius 3 is 2.30 bits per heavy atom. The van der Waals surface area contributed by atoms with E-state index in [2.05, 4.69) is 15.9 Å². The average Bonchev–Trinajstić information content (AvgIpc) is 2.29. The summed E-state index contributed by atoms with van der Waals surface area (Å²) in [6.45, 7) is 7.18. The maximum Gasteiger partial charge on any atom is 0.338 e. The van der Waals surface area contributed by atoms with Crippen molar-refractivity contribution in [2.45, 2.75) is 38.7 Å². The maximum absolute atomic E-state index is 12.1. The summed E-state index contributed by atoms with van der Waals surface area (Å²) in [4.78, 5) is 12.0. The molecule has 0 aliphatic rings. The lowest BCUT2D eigenvalue weighted by molar-refractivity contribution is 0.0237. The maximum atomic E-state index is 12.1. The summed E-state index contributed by atoms with van der Waals surface area (Å²) in [5, 5.41) is 5.14. The molecule has 1 aromatic carbocycles. The number of ether oxygens (including phenoxy) is 1. The largest absolute Gasteiger partial charge is 0.459 e. The first-order valence-corrected chi connectivity index (χ1v) is 8.42. The van der Waals surface area contributed by atoms with E-state index in [-0.39, 0.29) is 28.0 Å². The number of halogens is 1. The number of sulfonamides is 1. The van der Waals surface area contributed by atoms with Crippen molar-refractivity contribution in [3.63, 3.8) is 0 Å². The van der Waals surface area contributed by atoms with Crippen molar-refractivity contribution >= 4 is 31.9 Å². The Hall–Kier alpha value is -0.920. The first-order chi connectivity index (χ1) is 9.04. The van der Waals surface area contributed by atoms with Crippen molar-refractivity contribution in [1.82, 2.24) is 0 Å². The Balaban J connectivity index is 3.26. The molecule has 0 spiro atoms. The summed E-state index contributed by atoms with van der Waals surface area (Å²) in [5.41, 5.74) is 0.479. The van der Waals surface area contributed by atoms with Crippen LogP contribution in [-0.2, 0) is 14.8 Å². The number of hydrogen-bond acceptors (Lipinski definition) is 4. The highest BCUT2D eigenvalue weighted by Crippen LogP contribution is 2.25. The topological polar surface area (TPSA) is 86.5 Å². The molecule has 112 valence electrons. The fourth-order valence-electron chi connectivity index (χ4n) is 1.53. The highest BCUT2D eigenvalue weighted by molar-refractivity contribution is 9.10. The second kappa shape index (κ2) is 6.24. The highest BCUT2D eigenvalue weighted by atomic mass is 79.9. The number of esters is 1. The van der Waals surface area contributed by atoms with Crippen LogP contribution in [0.2, 0.25) is 0 Å². The van der Waals surface area contributed by atoms with Gasteiger partial charge in [0.25, 0.3) is 0 Å². The fourth-order valence-corrected chi connectivity index (χ4v) is 2.97. The van der Waals surface area contributed by atoms with Crippen LogP contribution < -0.4 is 5.14 Å². The molecule has 2 N–H and O–H groups in total. The third-order valence-electron chi connectivity index (χ3n) is 3.08. The zero-order valence-electron chi connectivity index (χ0n) is 11.8. The van der Waals surface area contributed by atoms with Gasteiger partial charge in [-0.15, -0.1) is 0 Å². The zero-order valence-corrected chi connectivity index (χ0v) is 14.2. The van der Waals surface area contributed by atoms with Gasteiger partial charge in [-0.1, -0.05) is 29.8 Å². The van der Waals surface area contributed by atoms with Gasteiger partial charge in [0.15, 0.2) is 0 Å². The minimum Gasteiger partial charge on any atom is -0.459 e. The van der Waals surface area contributed by atoms with Gasteiger partial charge in [0.05, 0.1) is 10.5 Å². The standard InChI is InChI=1S/C13H18BrNO4S/c1-7(2)9(4)19-13(16)11-5-10(14)6-12(8(11)3)20(15,17)18/h5-7,9H,1-4H3,(H2,15,17,18). The van der Waals surface area contributed by atoms with Crippen molar-refractivity contribution in [3.8, 4) is 0 Å². The minimum atomic E-state index is -3.89. The Bertz CT molecular complexity index is 626. The Kier molecular flexibility index (Phi) is 5.34. The van der Waals surface area contributed by atoms with E-state index in [0.29, 0.717) is 4.47 Å².